The van der Waals surface area contributed by atoms with E-state index in [0.29, 0.717) is 35.3 Å². The Balaban J connectivity index is 0.00000294. The number of nitrogens with two attached hydrogens (primary N) is 1. The minimum Gasteiger partial charge on any atom is -0.458 e. The van der Waals surface area contributed by atoms with E-state index in [0.717, 1.165) is 22.1 Å². The Kier molecular flexibility index (Phi) is 6.39. The van der Waals surface area contributed by atoms with Gasteiger partial charge in [0.2, 0.25) is 0 Å². The standard InChI is InChI=1S/C27H28FN3O6.ClH/c1-3-27(35)17-8-20-23-15(10-31(20)24(33)16(17)11-37-25(27)34)22-21-14(13(2)18(28)9-19(21)30-23)4-5-26(22,29)12-36-7-6-32;/h8-9,32,35H,3-7,10-12,29H2,1-2H3;1H/t26-,27+;/m1./s1. The molecule has 2 aliphatic heterocycles. The number of hydrogen-bond acceptors (Lipinski definition) is 8. The molecule has 9 nitrogen and oxygen atoms in total. The van der Waals surface area contributed by atoms with Crippen LogP contribution in [0, 0.1) is 12.7 Å². The average molecular weight is 546 g/mol. The van der Waals surface area contributed by atoms with Crippen LogP contribution in [0.4, 0.5) is 4.39 Å². The number of halogens is 2. The molecule has 0 saturated heterocycles. The van der Waals surface area contributed by atoms with Crippen LogP contribution in [0.2, 0.25) is 0 Å². The Morgan fingerprint density at radius 2 is 2.03 bits per heavy atom. The maximum Gasteiger partial charge on any atom is 0.343 e. The fourth-order valence-corrected chi connectivity index (χ4v) is 6.19. The number of carbonyl (C=O) groups excluding carboxylic acids is 1. The van der Waals surface area contributed by atoms with Gasteiger partial charge < -0.3 is 30.0 Å². The summed E-state index contributed by atoms with van der Waals surface area (Å²) in [5, 5.41) is 21.2. The summed E-state index contributed by atoms with van der Waals surface area (Å²) >= 11 is 0. The molecule has 0 amide bonds. The second kappa shape index (κ2) is 9.10. The third kappa shape index (κ3) is 3.48. The minimum absolute atomic E-state index is 0. The molecular weight excluding hydrogens is 517 g/mol. The van der Waals surface area contributed by atoms with Crippen LogP contribution in [0.3, 0.4) is 0 Å². The first kappa shape index (κ1) is 26.7. The number of nitrogens with zero attached hydrogens (tertiary/aromatic N) is 2. The van der Waals surface area contributed by atoms with Gasteiger partial charge >= 0.3 is 5.97 Å². The number of aryl methyl sites for hydroxylation is 1. The lowest BCUT2D eigenvalue weighted by atomic mass is 9.74. The van der Waals surface area contributed by atoms with Gasteiger partial charge in [0.15, 0.2) is 5.60 Å². The zero-order chi connectivity index (χ0) is 26.3. The number of aliphatic hydroxyl groups excluding tert-OH is 1. The summed E-state index contributed by atoms with van der Waals surface area (Å²) < 4.78 is 27.4. The number of ether oxygens (including phenoxy) is 2. The summed E-state index contributed by atoms with van der Waals surface area (Å²) in [6.07, 6.45) is 1.06. The number of rotatable bonds is 5. The van der Waals surface area contributed by atoms with Gasteiger partial charge in [-0.05, 0) is 48.9 Å². The molecule has 202 valence electrons. The smallest absolute Gasteiger partial charge is 0.343 e. The molecule has 2 atom stereocenters. The number of hydrogen-bond donors (Lipinski definition) is 3. The molecule has 11 heteroatoms. The fourth-order valence-electron chi connectivity index (χ4n) is 6.19. The van der Waals surface area contributed by atoms with Crippen LogP contribution < -0.4 is 11.3 Å². The summed E-state index contributed by atoms with van der Waals surface area (Å²) in [5.74, 6) is -1.17. The Hall–Kier alpha value is -2.89. The SMILES string of the molecule is CC[C@@]1(O)C(=O)OCc2c1cc1n(c2=O)Cc2c-1nc1cc(F)c(C)c3c1c2[C@](N)(COCCO)CC3.Cl. The van der Waals surface area contributed by atoms with Crippen LogP contribution in [-0.4, -0.2) is 45.6 Å². The first-order valence-electron chi connectivity index (χ1n) is 12.4. The number of pyridine rings is 2. The molecule has 38 heavy (non-hydrogen) atoms. The van der Waals surface area contributed by atoms with E-state index in [9.17, 15) is 24.2 Å². The van der Waals surface area contributed by atoms with Crippen LogP contribution in [0.1, 0.15) is 53.1 Å². The van der Waals surface area contributed by atoms with Crippen LogP contribution in [0.15, 0.2) is 16.9 Å². The maximum atomic E-state index is 15.0. The number of benzene rings is 1. The van der Waals surface area contributed by atoms with Gasteiger partial charge in [-0.2, -0.15) is 0 Å². The van der Waals surface area contributed by atoms with E-state index >= 15 is 0 Å². The second-order valence-electron chi connectivity index (χ2n) is 10.2. The van der Waals surface area contributed by atoms with Crippen molar-refractivity contribution in [2.24, 2.45) is 5.73 Å². The van der Waals surface area contributed by atoms with E-state index in [1.165, 1.54) is 6.07 Å². The molecule has 0 saturated carbocycles. The van der Waals surface area contributed by atoms with Gasteiger partial charge in [0, 0.05) is 22.6 Å². The Morgan fingerprint density at radius 1 is 1.26 bits per heavy atom. The largest absolute Gasteiger partial charge is 0.458 e. The van der Waals surface area contributed by atoms with Gasteiger partial charge in [0.1, 0.15) is 12.4 Å². The number of cyclic esters (lactones) is 1. The van der Waals surface area contributed by atoms with Crippen LogP contribution in [-0.2, 0) is 45.0 Å². The van der Waals surface area contributed by atoms with Crippen LogP contribution >= 0.6 is 12.4 Å². The van der Waals surface area contributed by atoms with Gasteiger partial charge in [-0.3, -0.25) is 4.79 Å². The number of aliphatic hydroxyl groups is 2. The molecule has 3 aromatic rings. The van der Waals surface area contributed by atoms with Crippen molar-refractivity contribution in [3.05, 3.63) is 61.7 Å². The number of aromatic nitrogens is 2. The molecule has 0 spiro atoms. The van der Waals surface area contributed by atoms with E-state index in [2.05, 4.69) is 0 Å². The van der Waals surface area contributed by atoms with E-state index in [1.807, 2.05) is 0 Å². The van der Waals surface area contributed by atoms with Crippen molar-refractivity contribution in [2.75, 3.05) is 19.8 Å². The molecule has 3 aliphatic rings. The van der Waals surface area contributed by atoms with Gasteiger partial charge in [-0.1, -0.05) is 6.92 Å². The first-order chi connectivity index (χ1) is 17.6. The van der Waals surface area contributed by atoms with Gasteiger partial charge in [-0.25, -0.2) is 14.2 Å². The van der Waals surface area contributed by atoms with Gasteiger partial charge in [-0.15, -0.1) is 12.4 Å². The zero-order valence-electron chi connectivity index (χ0n) is 21.1. The molecule has 4 heterocycles. The van der Waals surface area contributed by atoms with Crippen molar-refractivity contribution in [1.29, 1.82) is 0 Å². The molecular formula is C27H29ClFN3O6. The highest BCUT2D eigenvalue weighted by Gasteiger charge is 2.46. The van der Waals surface area contributed by atoms with Crippen molar-refractivity contribution in [3.63, 3.8) is 0 Å². The third-order valence-electron chi connectivity index (χ3n) is 8.22. The second-order valence-corrected chi connectivity index (χ2v) is 10.2. The zero-order valence-corrected chi connectivity index (χ0v) is 21.9. The lowest BCUT2D eigenvalue weighted by Gasteiger charge is -2.37. The molecule has 6 rings (SSSR count). The molecule has 1 aromatic carbocycles. The summed E-state index contributed by atoms with van der Waals surface area (Å²) in [4.78, 5) is 30.9. The summed E-state index contributed by atoms with van der Waals surface area (Å²) in [6, 6.07) is 3.02. The molecule has 4 N–H and O–H groups in total. The van der Waals surface area contributed by atoms with Crippen molar-refractivity contribution in [2.45, 2.75) is 57.4 Å². The van der Waals surface area contributed by atoms with Crippen molar-refractivity contribution in [3.8, 4) is 11.4 Å². The minimum atomic E-state index is -1.94. The fraction of sp³-hybridized carbons (Fsp3) is 0.444. The predicted molar refractivity (Wildman–Crippen MR) is 139 cm³/mol. The quantitative estimate of drug-likeness (QED) is 0.256. The topological polar surface area (TPSA) is 137 Å². The summed E-state index contributed by atoms with van der Waals surface area (Å²) in [6.45, 7) is 3.46. The molecule has 0 fully saturated rings. The van der Waals surface area contributed by atoms with E-state index < -0.39 is 17.1 Å². The van der Waals surface area contributed by atoms with Crippen LogP contribution in [0.25, 0.3) is 22.3 Å². The van der Waals surface area contributed by atoms with E-state index in [-0.39, 0.29) is 74.3 Å². The Morgan fingerprint density at radius 3 is 2.74 bits per heavy atom. The van der Waals surface area contributed by atoms with Crippen molar-refractivity contribution < 1.29 is 28.9 Å². The van der Waals surface area contributed by atoms with Crippen molar-refractivity contribution in [1.82, 2.24) is 9.55 Å². The number of fused-ring (bicyclic) bond motifs is 5. The molecule has 1 aliphatic carbocycles. The summed E-state index contributed by atoms with van der Waals surface area (Å²) in [5.41, 5.74) is 8.36. The predicted octanol–water partition coefficient (Wildman–Crippen LogP) is 2.06. The van der Waals surface area contributed by atoms with Crippen molar-refractivity contribution >= 4 is 29.3 Å². The molecule has 0 unspecified atom stereocenters. The van der Waals surface area contributed by atoms with Gasteiger partial charge in [0.05, 0.1) is 54.4 Å². The highest BCUT2D eigenvalue weighted by molar-refractivity contribution is 5.93. The Labute approximate surface area is 223 Å². The molecule has 0 bridgehead atoms. The monoisotopic (exact) mass is 545 g/mol. The lowest BCUT2D eigenvalue weighted by Crippen LogP contribution is -2.45. The Bertz CT molecular complexity index is 1570. The average Bonchev–Trinajstić information content (AvgIpc) is 3.24. The first-order valence-corrected chi connectivity index (χ1v) is 12.4. The van der Waals surface area contributed by atoms with Gasteiger partial charge in [0.25, 0.3) is 5.56 Å². The third-order valence-corrected chi connectivity index (χ3v) is 8.22. The molecule has 0 radical (unpaired) electrons. The van der Waals surface area contributed by atoms with Crippen LogP contribution in [0.5, 0.6) is 0 Å². The highest BCUT2D eigenvalue weighted by atomic mass is 35.5. The highest BCUT2D eigenvalue weighted by Crippen LogP contribution is 2.47. The summed E-state index contributed by atoms with van der Waals surface area (Å²) in [7, 11) is 0. The number of esters is 1. The normalized spacial score (nSPS) is 22.9. The lowest BCUT2D eigenvalue weighted by molar-refractivity contribution is -0.172. The van der Waals surface area contributed by atoms with E-state index in [1.54, 1.807) is 24.5 Å². The van der Waals surface area contributed by atoms with E-state index in [4.69, 9.17) is 20.2 Å². The molecule has 2 aromatic heterocycles. The maximum absolute atomic E-state index is 15.0. The number of carbonyl (C=O) groups is 1.